The third kappa shape index (κ3) is 3.29. The van der Waals surface area contributed by atoms with Gasteiger partial charge >= 0.3 is 5.97 Å². The number of halogens is 1. The lowest BCUT2D eigenvalue weighted by Gasteiger charge is -2.20. The monoisotopic (exact) mass is 336 g/mol. The van der Waals surface area contributed by atoms with E-state index >= 15 is 0 Å². The number of esters is 1. The van der Waals surface area contributed by atoms with Gasteiger partial charge in [-0.3, -0.25) is 4.79 Å². The summed E-state index contributed by atoms with van der Waals surface area (Å²) in [6, 6.07) is 5.93. The number of carbonyl (C=O) groups is 1. The maximum atomic E-state index is 12.0. The van der Waals surface area contributed by atoms with Crippen LogP contribution in [-0.2, 0) is 18.4 Å². The molecule has 0 unspecified atom stereocenters. The Balaban J connectivity index is 1.72. The summed E-state index contributed by atoms with van der Waals surface area (Å²) in [7, 11) is 1.46. The molecule has 0 radical (unpaired) electrons. The molecule has 0 atom stereocenters. The first-order valence-electron chi connectivity index (χ1n) is 6.84. The number of benzene rings is 1. The SMILES string of the molecule is Cn1nc(C(=O)OCc2cc(Cl)c3c(c2)OCCO3)ccc1=O. The van der Waals surface area contributed by atoms with Gasteiger partial charge in [-0.25, -0.2) is 9.48 Å². The molecule has 0 amide bonds. The summed E-state index contributed by atoms with van der Waals surface area (Å²) in [6.07, 6.45) is 0. The van der Waals surface area contributed by atoms with Crippen molar-refractivity contribution in [2.75, 3.05) is 13.2 Å². The molecule has 1 aromatic carbocycles. The molecule has 0 saturated heterocycles. The molecule has 7 nitrogen and oxygen atoms in total. The molecule has 0 spiro atoms. The van der Waals surface area contributed by atoms with E-state index < -0.39 is 5.97 Å². The van der Waals surface area contributed by atoms with Crippen molar-refractivity contribution in [1.82, 2.24) is 9.78 Å². The lowest BCUT2D eigenvalue weighted by atomic mass is 10.2. The number of fused-ring (bicyclic) bond motifs is 1. The third-order valence-electron chi connectivity index (χ3n) is 3.20. The number of carbonyl (C=O) groups excluding carboxylic acids is 1. The largest absolute Gasteiger partial charge is 0.486 e. The molecular weight excluding hydrogens is 324 g/mol. The molecule has 0 saturated carbocycles. The maximum Gasteiger partial charge on any atom is 0.359 e. The van der Waals surface area contributed by atoms with E-state index in [1.807, 2.05) is 0 Å². The van der Waals surface area contributed by atoms with Gasteiger partial charge in [0.25, 0.3) is 5.56 Å². The van der Waals surface area contributed by atoms with Crippen molar-refractivity contribution >= 4 is 17.6 Å². The number of rotatable bonds is 3. The van der Waals surface area contributed by atoms with Crippen LogP contribution in [0.1, 0.15) is 16.1 Å². The van der Waals surface area contributed by atoms with E-state index in [2.05, 4.69) is 5.10 Å². The lowest BCUT2D eigenvalue weighted by Crippen LogP contribution is -2.21. The quantitative estimate of drug-likeness (QED) is 0.791. The molecule has 0 fully saturated rings. The molecule has 1 aliphatic rings. The molecule has 1 aromatic heterocycles. The molecule has 8 heteroatoms. The van der Waals surface area contributed by atoms with Crippen LogP contribution in [0.15, 0.2) is 29.1 Å². The highest BCUT2D eigenvalue weighted by Gasteiger charge is 2.18. The first kappa shape index (κ1) is 15.4. The van der Waals surface area contributed by atoms with Gasteiger partial charge in [-0.15, -0.1) is 0 Å². The third-order valence-corrected chi connectivity index (χ3v) is 3.48. The van der Waals surface area contributed by atoms with Gasteiger partial charge < -0.3 is 14.2 Å². The highest BCUT2D eigenvalue weighted by molar-refractivity contribution is 6.32. The van der Waals surface area contributed by atoms with Crippen LogP contribution in [0, 0.1) is 0 Å². The van der Waals surface area contributed by atoms with Crippen molar-refractivity contribution < 1.29 is 19.0 Å². The summed E-state index contributed by atoms with van der Waals surface area (Å²) in [5.74, 6) is 0.384. The number of hydrogen-bond acceptors (Lipinski definition) is 6. The molecule has 0 bridgehead atoms. The van der Waals surface area contributed by atoms with Gasteiger partial charge in [-0.05, 0) is 23.8 Å². The van der Waals surface area contributed by atoms with Crippen LogP contribution in [0.2, 0.25) is 5.02 Å². The second kappa shape index (κ2) is 6.29. The van der Waals surface area contributed by atoms with Crippen LogP contribution in [0.5, 0.6) is 11.5 Å². The fraction of sp³-hybridized carbons (Fsp3) is 0.267. The molecule has 0 N–H and O–H groups in total. The predicted molar refractivity (Wildman–Crippen MR) is 81.0 cm³/mol. The van der Waals surface area contributed by atoms with E-state index in [0.29, 0.717) is 35.3 Å². The number of ether oxygens (including phenoxy) is 3. The van der Waals surface area contributed by atoms with E-state index in [9.17, 15) is 9.59 Å². The van der Waals surface area contributed by atoms with Crippen LogP contribution in [0.4, 0.5) is 0 Å². The molecular formula is C15H13ClN2O5. The Labute approximate surface area is 136 Å². The number of hydrogen-bond donors (Lipinski definition) is 0. The van der Waals surface area contributed by atoms with Crippen molar-refractivity contribution in [2.24, 2.45) is 7.05 Å². The molecule has 2 aromatic rings. The zero-order chi connectivity index (χ0) is 16.4. The summed E-state index contributed by atoms with van der Waals surface area (Å²) in [6.45, 7) is 0.883. The van der Waals surface area contributed by atoms with E-state index in [1.54, 1.807) is 12.1 Å². The second-order valence-electron chi connectivity index (χ2n) is 4.86. The van der Waals surface area contributed by atoms with Crippen LogP contribution < -0.4 is 15.0 Å². The highest BCUT2D eigenvalue weighted by Crippen LogP contribution is 2.38. The molecule has 3 rings (SSSR count). The van der Waals surface area contributed by atoms with E-state index in [1.165, 1.54) is 19.2 Å². The first-order valence-corrected chi connectivity index (χ1v) is 7.22. The number of nitrogens with zero attached hydrogens (tertiary/aromatic N) is 2. The lowest BCUT2D eigenvalue weighted by molar-refractivity contribution is 0.0462. The van der Waals surface area contributed by atoms with Gasteiger partial charge in [0, 0.05) is 13.1 Å². The predicted octanol–water partition coefficient (Wildman–Crippen LogP) is 1.56. The van der Waals surface area contributed by atoms with Crippen molar-refractivity contribution in [1.29, 1.82) is 0 Å². The zero-order valence-electron chi connectivity index (χ0n) is 12.2. The fourth-order valence-corrected chi connectivity index (χ4v) is 2.37. The van der Waals surface area contributed by atoms with E-state index in [4.69, 9.17) is 25.8 Å². The number of aromatic nitrogens is 2. The van der Waals surface area contributed by atoms with Crippen LogP contribution in [-0.4, -0.2) is 29.0 Å². The molecule has 23 heavy (non-hydrogen) atoms. The first-order chi connectivity index (χ1) is 11.0. The van der Waals surface area contributed by atoms with Gasteiger partial charge in [-0.1, -0.05) is 11.6 Å². The van der Waals surface area contributed by atoms with Gasteiger partial charge in [0.2, 0.25) is 0 Å². The minimum Gasteiger partial charge on any atom is -0.486 e. The topological polar surface area (TPSA) is 79.7 Å². The maximum absolute atomic E-state index is 12.0. The van der Waals surface area contributed by atoms with Crippen LogP contribution >= 0.6 is 11.6 Å². The summed E-state index contributed by atoms with van der Waals surface area (Å²) < 4.78 is 17.1. The van der Waals surface area contributed by atoms with Gasteiger partial charge in [0.15, 0.2) is 17.2 Å². The minimum absolute atomic E-state index is 0.000284. The summed E-state index contributed by atoms with van der Waals surface area (Å²) in [4.78, 5) is 23.2. The van der Waals surface area contributed by atoms with Crippen LogP contribution in [0.25, 0.3) is 0 Å². The van der Waals surface area contributed by atoms with E-state index in [-0.39, 0.29) is 17.9 Å². The normalized spacial score (nSPS) is 12.8. The van der Waals surface area contributed by atoms with Crippen molar-refractivity contribution in [3.05, 3.63) is 50.9 Å². The van der Waals surface area contributed by atoms with Gasteiger partial charge in [0.1, 0.15) is 19.8 Å². The Kier molecular flexibility index (Phi) is 4.20. The average molecular weight is 337 g/mol. The summed E-state index contributed by atoms with van der Waals surface area (Å²) >= 11 is 6.12. The molecule has 0 aliphatic carbocycles. The minimum atomic E-state index is -0.633. The Morgan fingerprint density at radius 1 is 1.35 bits per heavy atom. The highest BCUT2D eigenvalue weighted by atomic mass is 35.5. The van der Waals surface area contributed by atoms with Gasteiger partial charge in [0.05, 0.1) is 5.02 Å². The molecule has 1 aliphatic heterocycles. The standard InChI is InChI=1S/C15H13ClN2O5/c1-18-13(19)3-2-11(17-18)15(20)23-8-9-6-10(16)14-12(7-9)21-4-5-22-14/h2-3,6-7H,4-5,8H2,1H3. The average Bonchev–Trinajstić information content (AvgIpc) is 2.55. The molecule has 2 heterocycles. The van der Waals surface area contributed by atoms with Crippen molar-refractivity contribution in [3.8, 4) is 11.5 Å². The second-order valence-corrected chi connectivity index (χ2v) is 5.27. The van der Waals surface area contributed by atoms with Gasteiger partial charge in [-0.2, -0.15) is 5.10 Å². The Morgan fingerprint density at radius 3 is 2.91 bits per heavy atom. The Morgan fingerprint density at radius 2 is 2.13 bits per heavy atom. The Hall–Kier alpha value is -2.54. The Bertz CT molecular complexity index is 818. The van der Waals surface area contributed by atoms with E-state index in [0.717, 1.165) is 4.68 Å². The zero-order valence-corrected chi connectivity index (χ0v) is 13.0. The molecule has 120 valence electrons. The number of aryl methyl sites for hydroxylation is 1. The summed E-state index contributed by atoms with van der Waals surface area (Å²) in [5.41, 5.74) is 0.410. The van der Waals surface area contributed by atoms with Crippen molar-refractivity contribution in [2.45, 2.75) is 6.61 Å². The van der Waals surface area contributed by atoms with Crippen molar-refractivity contribution in [3.63, 3.8) is 0 Å². The van der Waals surface area contributed by atoms with Crippen LogP contribution in [0.3, 0.4) is 0 Å². The smallest absolute Gasteiger partial charge is 0.359 e. The fourth-order valence-electron chi connectivity index (χ4n) is 2.08. The summed E-state index contributed by atoms with van der Waals surface area (Å²) in [5, 5.41) is 4.23.